The number of carbonyl (C=O) groups is 1. The highest BCUT2D eigenvalue weighted by atomic mass is 16.2. The largest absolute Gasteiger partial charge is 0.322 e. The third-order valence-corrected chi connectivity index (χ3v) is 2.44. The Bertz CT molecular complexity index is 201. The summed E-state index contributed by atoms with van der Waals surface area (Å²) < 4.78 is 0. The average molecular weight is 182 g/mol. The Morgan fingerprint density at radius 3 is 2.92 bits per heavy atom. The number of nitrogens with zero attached hydrogens (tertiary/aromatic N) is 1. The van der Waals surface area contributed by atoms with Gasteiger partial charge in [0.2, 0.25) is 0 Å². The maximum Gasteiger partial charge on any atom is 0.321 e. The van der Waals surface area contributed by atoms with Crippen molar-refractivity contribution < 1.29 is 4.79 Å². The van der Waals surface area contributed by atoms with Gasteiger partial charge in [0.25, 0.3) is 0 Å². The SMILES string of the molecule is C/C=C/NC(=O)N1CCCCC1C. The van der Waals surface area contributed by atoms with E-state index in [1.54, 1.807) is 6.20 Å². The number of hydrogen-bond acceptors (Lipinski definition) is 1. The monoisotopic (exact) mass is 182 g/mol. The lowest BCUT2D eigenvalue weighted by molar-refractivity contribution is 0.161. The van der Waals surface area contributed by atoms with Gasteiger partial charge in [-0.05, 0) is 33.1 Å². The first kappa shape index (κ1) is 10.1. The molecular weight excluding hydrogens is 164 g/mol. The van der Waals surface area contributed by atoms with Crippen LogP contribution in [0.15, 0.2) is 12.3 Å². The maximum atomic E-state index is 11.5. The van der Waals surface area contributed by atoms with E-state index < -0.39 is 0 Å². The van der Waals surface area contributed by atoms with Gasteiger partial charge in [-0.2, -0.15) is 0 Å². The average Bonchev–Trinajstić information content (AvgIpc) is 2.15. The van der Waals surface area contributed by atoms with Crippen molar-refractivity contribution in [1.82, 2.24) is 10.2 Å². The second kappa shape index (κ2) is 4.90. The summed E-state index contributed by atoms with van der Waals surface area (Å²) in [4.78, 5) is 13.4. The van der Waals surface area contributed by atoms with Crippen molar-refractivity contribution in [3.63, 3.8) is 0 Å². The van der Waals surface area contributed by atoms with Crippen LogP contribution in [0.4, 0.5) is 4.79 Å². The van der Waals surface area contributed by atoms with E-state index in [2.05, 4.69) is 12.2 Å². The van der Waals surface area contributed by atoms with Gasteiger partial charge in [0.15, 0.2) is 0 Å². The van der Waals surface area contributed by atoms with E-state index in [4.69, 9.17) is 0 Å². The number of rotatable bonds is 1. The highest BCUT2D eigenvalue weighted by Gasteiger charge is 2.21. The number of amides is 2. The van der Waals surface area contributed by atoms with Crippen molar-refractivity contribution in [2.75, 3.05) is 6.54 Å². The molecule has 74 valence electrons. The Morgan fingerprint density at radius 2 is 2.31 bits per heavy atom. The van der Waals surface area contributed by atoms with Gasteiger partial charge in [0, 0.05) is 18.8 Å². The number of hydrogen-bond donors (Lipinski definition) is 1. The highest BCUT2D eigenvalue weighted by molar-refractivity contribution is 5.75. The molecule has 1 atom stereocenters. The number of piperidine rings is 1. The number of allylic oxidation sites excluding steroid dienone is 1. The molecule has 0 saturated carbocycles. The lowest BCUT2D eigenvalue weighted by atomic mass is 10.0. The normalized spacial score (nSPS) is 23.5. The molecule has 1 aliphatic heterocycles. The Morgan fingerprint density at radius 1 is 1.54 bits per heavy atom. The molecule has 0 aromatic heterocycles. The van der Waals surface area contributed by atoms with Gasteiger partial charge in [-0.3, -0.25) is 0 Å². The fourth-order valence-corrected chi connectivity index (χ4v) is 1.64. The smallest absolute Gasteiger partial charge is 0.321 e. The van der Waals surface area contributed by atoms with E-state index in [-0.39, 0.29) is 6.03 Å². The summed E-state index contributed by atoms with van der Waals surface area (Å²) in [6, 6.07) is 0.421. The van der Waals surface area contributed by atoms with Crippen molar-refractivity contribution in [3.05, 3.63) is 12.3 Å². The Balaban J connectivity index is 2.43. The zero-order valence-electron chi connectivity index (χ0n) is 8.42. The summed E-state index contributed by atoms with van der Waals surface area (Å²) in [5.41, 5.74) is 0. The first-order valence-electron chi connectivity index (χ1n) is 4.94. The van der Waals surface area contributed by atoms with E-state index in [0.717, 1.165) is 19.4 Å². The molecule has 1 heterocycles. The Hall–Kier alpha value is -0.990. The predicted octanol–water partition coefficient (Wildman–Crippen LogP) is 2.10. The molecule has 0 aromatic carbocycles. The molecule has 0 bridgehead atoms. The molecule has 0 radical (unpaired) electrons. The third-order valence-electron chi connectivity index (χ3n) is 2.44. The summed E-state index contributed by atoms with van der Waals surface area (Å²) in [5, 5.41) is 2.74. The van der Waals surface area contributed by atoms with Gasteiger partial charge < -0.3 is 10.2 Å². The molecule has 0 aliphatic carbocycles. The van der Waals surface area contributed by atoms with Gasteiger partial charge in [0.1, 0.15) is 0 Å². The van der Waals surface area contributed by atoms with E-state index in [9.17, 15) is 4.79 Å². The molecule has 1 saturated heterocycles. The first-order chi connectivity index (χ1) is 6.25. The van der Waals surface area contributed by atoms with Crippen LogP contribution in [0.2, 0.25) is 0 Å². The van der Waals surface area contributed by atoms with Crippen LogP contribution in [-0.4, -0.2) is 23.5 Å². The molecule has 3 nitrogen and oxygen atoms in total. The van der Waals surface area contributed by atoms with Crippen LogP contribution in [-0.2, 0) is 0 Å². The third kappa shape index (κ3) is 2.76. The molecule has 1 rings (SSSR count). The summed E-state index contributed by atoms with van der Waals surface area (Å²) in [7, 11) is 0. The summed E-state index contributed by atoms with van der Waals surface area (Å²) in [5.74, 6) is 0. The minimum absolute atomic E-state index is 0.0327. The second-order valence-corrected chi connectivity index (χ2v) is 3.49. The topological polar surface area (TPSA) is 32.3 Å². The van der Waals surface area contributed by atoms with Gasteiger partial charge in [-0.25, -0.2) is 4.79 Å². The zero-order valence-corrected chi connectivity index (χ0v) is 8.42. The van der Waals surface area contributed by atoms with Crippen LogP contribution in [0.3, 0.4) is 0 Å². The fourth-order valence-electron chi connectivity index (χ4n) is 1.64. The van der Waals surface area contributed by atoms with Gasteiger partial charge in [0.05, 0.1) is 0 Å². The minimum Gasteiger partial charge on any atom is -0.322 e. The second-order valence-electron chi connectivity index (χ2n) is 3.49. The van der Waals surface area contributed by atoms with Crippen LogP contribution in [0.25, 0.3) is 0 Å². The molecule has 13 heavy (non-hydrogen) atoms. The Kier molecular flexibility index (Phi) is 3.80. The Labute approximate surface area is 79.8 Å². The number of carbonyl (C=O) groups excluding carboxylic acids is 1. The molecular formula is C10H18N2O. The van der Waals surface area contributed by atoms with Gasteiger partial charge in [-0.1, -0.05) is 6.08 Å². The molecule has 1 N–H and O–H groups in total. The first-order valence-corrected chi connectivity index (χ1v) is 4.94. The molecule has 1 aliphatic rings. The summed E-state index contributed by atoms with van der Waals surface area (Å²) >= 11 is 0. The van der Waals surface area contributed by atoms with Crippen molar-refractivity contribution in [2.45, 2.75) is 39.2 Å². The van der Waals surface area contributed by atoms with Crippen LogP contribution >= 0.6 is 0 Å². The van der Waals surface area contributed by atoms with E-state index in [1.807, 2.05) is 17.9 Å². The molecule has 0 aromatic rings. The molecule has 1 unspecified atom stereocenters. The van der Waals surface area contributed by atoms with Crippen molar-refractivity contribution in [1.29, 1.82) is 0 Å². The highest BCUT2D eigenvalue weighted by Crippen LogP contribution is 2.15. The molecule has 2 amide bonds. The summed E-state index contributed by atoms with van der Waals surface area (Å²) in [6.45, 7) is 4.89. The maximum absolute atomic E-state index is 11.5. The number of urea groups is 1. The van der Waals surface area contributed by atoms with Crippen molar-refractivity contribution in [2.24, 2.45) is 0 Å². The number of nitrogens with one attached hydrogen (secondary N) is 1. The number of likely N-dealkylation sites (tertiary alicyclic amines) is 1. The lowest BCUT2D eigenvalue weighted by Crippen LogP contribution is -2.46. The van der Waals surface area contributed by atoms with Gasteiger partial charge >= 0.3 is 6.03 Å². The van der Waals surface area contributed by atoms with Gasteiger partial charge in [-0.15, -0.1) is 0 Å². The van der Waals surface area contributed by atoms with Crippen molar-refractivity contribution in [3.8, 4) is 0 Å². The van der Waals surface area contributed by atoms with Crippen LogP contribution in [0.1, 0.15) is 33.1 Å². The predicted molar refractivity (Wildman–Crippen MR) is 53.4 cm³/mol. The standard InChI is InChI=1S/C10H18N2O/c1-3-7-11-10(13)12-8-5-4-6-9(12)2/h3,7,9H,4-6,8H2,1-2H3,(H,11,13)/b7-3+. The van der Waals surface area contributed by atoms with E-state index >= 15 is 0 Å². The van der Waals surface area contributed by atoms with Crippen LogP contribution in [0, 0.1) is 0 Å². The molecule has 0 spiro atoms. The van der Waals surface area contributed by atoms with E-state index in [0.29, 0.717) is 6.04 Å². The van der Waals surface area contributed by atoms with Crippen LogP contribution < -0.4 is 5.32 Å². The lowest BCUT2D eigenvalue weighted by Gasteiger charge is -2.32. The minimum atomic E-state index is 0.0327. The summed E-state index contributed by atoms with van der Waals surface area (Å²) in [6.07, 6.45) is 7.02. The molecule has 3 heteroatoms. The van der Waals surface area contributed by atoms with Crippen molar-refractivity contribution >= 4 is 6.03 Å². The van der Waals surface area contributed by atoms with Crippen LogP contribution in [0.5, 0.6) is 0 Å². The molecule has 1 fully saturated rings. The van der Waals surface area contributed by atoms with E-state index in [1.165, 1.54) is 6.42 Å². The zero-order chi connectivity index (χ0) is 9.68. The quantitative estimate of drug-likeness (QED) is 0.661. The fraction of sp³-hybridized carbons (Fsp3) is 0.700.